The molecule has 0 radical (unpaired) electrons. The fraction of sp³-hybridized carbons (Fsp3) is 0.294. The minimum absolute atomic E-state index is 0.0934. The van der Waals surface area contributed by atoms with E-state index in [0.29, 0.717) is 18.4 Å². The van der Waals surface area contributed by atoms with Gasteiger partial charge in [-0.05, 0) is 40.0 Å². The van der Waals surface area contributed by atoms with Crippen LogP contribution in [0.4, 0.5) is 8.78 Å². The molecular formula is C17H17BrF2O. The first-order valence-electron chi connectivity index (χ1n) is 6.88. The van der Waals surface area contributed by atoms with Crippen molar-refractivity contribution >= 4 is 15.9 Å². The fourth-order valence-electron chi connectivity index (χ4n) is 2.52. The molecular weight excluding hydrogens is 338 g/mol. The van der Waals surface area contributed by atoms with Gasteiger partial charge >= 0.3 is 0 Å². The number of aliphatic hydroxyl groups is 1. The lowest BCUT2D eigenvalue weighted by molar-refractivity contribution is 0.0252. The van der Waals surface area contributed by atoms with Gasteiger partial charge in [0, 0.05) is 12.0 Å². The Kier molecular flexibility index (Phi) is 5.12. The Labute approximate surface area is 131 Å². The van der Waals surface area contributed by atoms with Gasteiger partial charge in [-0.2, -0.15) is 0 Å². The van der Waals surface area contributed by atoms with Crippen molar-refractivity contribution in [2.45, 2.75) is 31.8 Å². The molecule has 0 amide bonds. The van der Waals surface area contributed by atoms with Gasteiger partial charge in [0.25, 0.3) is 0 Å². The molecule has 1 N–H and O–H groups in total. The normalized spacial score (nSPS) is 14.0. The molecule has 4 heteroatoms. The zero-order chi connectivity index (χ0) is 15.5. The van der Waals surface area contributed by atoms with Crippen LogP contribution in [-0.2, 0) is 12.0 Å². The third-order valence-electron chi connectivity index (χ3n) is 3.58. The van der Waals surface area contributed by atoms with Crippen LogP contribution in [0.2, 0.25) is 0 Å². The molecule has 0 saturated carbocycles. The Hall–Kier alpha value is -1.26. The highest BCUT2D eigenvalue weighted by molar-refractivity contribution is 9.10. The van der Waals surface area contributed by atoms with Crippen LogP contribution in [0.25, 0.3) is 0 Å². The van der Waals surface area contributed by atoms with Gasteiger partial charge in [-0.25, -0.2) is 8.78 Å². The van der Waals surface area contributed by atoms with E-state index in [0.717, 1.165) is 0 Å². The quantitative estimate of drug-likeness (QED) is 0.752. The van der Waals surface area contributed by atoms with Crippen molar-refractivity contribution in [2.24, 2.45) is 0 Å². The van der Waals surface area contributed by atoms with E-state index in [-0.39, 0.29) is 16.5 Å². The summed E-state index contributed by atoms with van der Waals surface area (Å²) in [5.74, 6) is -1.29. The number of hydrogen-bond donors (Lipinski definition) is 1. The van der Waals surface area contributed by atoms with Crippen molar-refractivity contribution < 1.29 is 13.9 Å². The highest BCUT2D eigenvalue weighted by Gasteiger charge is 2.31. The fourth-order valence-corrected chi connectivity index (χ4v) is 2.89. The SMILES string of the molecule is CCCC(O)(Cc1c(F)ccc(Br)c1F)c1ccccc1. The first kappa shape index (κ1) is 16.1. The van der Waals surface area contributed by atoms with E-state index in [9.17, 15) is 13.9 Å². The lowest BCUT2D eigenvalue weighted by Gasteiger charge is -2.29. The van der Waals surface area contributed by atoms with E-state index < -0.39 is 17.2 Å². The maximum Gasteiger partial charge on any atom is 0.143 e. The van der Waals surface area contributed by atoms with Crippen molar-refractivity contribution in [2.75, 3.05) is 0 Å². The van der Waals surface area contributed by atoms with Crippen molar-refractivity contribution in [3.05, 3.63) is 69.7 Å². The molecule has 0 aromatic heterocycles. The van der Waals surface area contributed by atoms with Crippen LogP contribution in [-0.4, -0.2) is 5.11 Å². The van der Waals surface area contributed by atoms with E-state index in [1.807, 2.05) is 25.1 Å². The van der Waals surface area contributed by atoms with Crippen molar-refractivity contribution in [1.29, 1.82) is 0 Å². The van der Waals surface area contributed by atoms with Gasteiger partial charge in [-0.15, -0.1) is 0 Å². The van der Waals surface area contributed by atoms with Gasteiger partial charge in [-0.1, -0.05) is 43.7 Å². The minimum atomic E-state index is -1.28. The molecule has 1 nitrogen and oxygen atoms in total. The standard InChI is InChI=1S/C17H17BrF2O/c1-2-10-17(21,12-6-4-3-5-7-12)11-13-15(19)9-8-14(18)16(13)20/h3-9,21H,2,10-11H2,1H3. The largest absolute Gasteiger partial charge is 0.385 e. The molecule has 0 spiro atoms. The molecule has 0 aliphatic heterocycles. The molecule has 1 unspecified atom stereocenters. The van der Waals surface area contributed by atoms with Crippen LogP contribution in [0.3, 0.4) is 0 Å². The average molecular weight is 355 g/mol. The highest BCUT2D eigenvalue weighted by atomic mass is 79.9. The number of rotatable bonds is 5. The molecule has 112 valence electrons. The topological polar surface area (TPSA) is 20.2 Å². The Morgan fingerprint density at radius 1 is 1.10 bits per heavy atom. The predicted octanol–water partition coefficient (Wildman–Crippen LogP) is 4.96. The first-order chi connectivity index (χ1) is 9.98. The van der Waals surface area contributed by atoms with Crippen LogP contribution < -0.4 is 0 Å². The molecule has 2 rings (SSSR count). The molecule has 21 heavy (non-hydrogen) atoms. The van der Waals surface area contributed by atoms with Crippen LogP contribution in [0.5, 0.6) is 0 Å². The zero-order valence-corrected chi connectivity index (χ0v) is 13.3. The Morgan fingerprint density at radius 2 is 1.76 bits per heavy atom. The minimum Gasteiger partial charge on any atom is -0.385 e. The van der Waals surface area contributed by atoms with Crippen molar-refractivity contribution in [3.63, 3.8) is 0 Å². The van der Waals surface area contributed by atoms with Crippen LogP contribution in [0.15, 0.2) is 46.9 Å². The van der Waals surface area contributed by atoms with Gasteiger partial charge < -0.3 is 5.11 Å². The molecule has 0 bridgehead atoms. The molecule has 0 aliphatic carbocycles. The van der Waals surface area contributed by atoms with Crippen LogP contribution in [0, 0.1) is 11.6 Å². The van der Waals surface area contributed by atoms with Gasteiger partial charge in [0.1, 0.15) is 11.6 Å². The third kappa shape index (κ3) is 3.50. The molecule has 2 aromatic carbocycles. The molecule has 0 aliphatic rings. The summed E-state index contributed by atoms with van der Waals surface area (Å²) in [7, 11) is 0. The van der Waals surface area contributed by atoms with Crippen LogP contribution >= 0.6 is 15.9 Å². The average Bonchev–Trinajstić information content (AvgIpc) is 2.49. The summed E-state index contributed by atoms with van der Waals surface area (Å²) >= 11 is 3.06. The van der Waals surface area contributed by atoms with Gasteiger partial charge in [0.15, 0.2) is 0 Å². The molecule has 1 atom stereocenters. The van der Waals surface area contributed by atoms with E-state index in [2.05, 4.69) is 15.9 Å². The Bertz CT molecular complexity index is 616. The summed E-state index contributed by atoms with van der Waals surface area (Å²) in [6.07, 6.45) is 1.05. The van der Waals surface area contributed by atoms with Gasteiger partial charge in [0.05, 0.1) is 10.1 Å². The summed E-state index contributed by atoms with van der Waals surface area (Å²) in [6.45, 7) is 1.93. The number of halogens is 3. The smallest absolute Gasteiger partial charge is 0.143 e. The van der Waals surface area contributed by atoms with E-state index in [1.54, 1.807) is 12.1 Å². The predicted molar refractivity (Wildman–Crippen MR) is 83.0 cm³/mol. The zero-order valence-electron chi connectivity index (χ0n) is 11.7. The van der Waals surface area contributed by atoms with E-state index in [1.165, 1.54) is 12.1 Å². The van der Waals surface area contributed by atoms with E-state index in [4.69, 9.17) is 0 Å². The lowest BCUT2D eigenvalue weighted by Crippen LogP contribution is -2.29. The third-order valence-corrected chi connectivity index (χ3v) is 4.20. The van der Waals surface area contributed by atoms with Crippen molar-refractivity contribution in [1.82, 2.24) is 0 Å². The maximum atomic E-state index is 14.2. The highest BCUT2D eigenvalue weighted by Crippen LogP contribution is 2.33. The molecule has 0 fully saturated rings. The summed E-state index contributed by atoms with van der Waals surface area (Å²) in [4.78, 5) is 0. The molecule has 0 heterocycles. The summed E-state index contributed by atoms with van der Waals surface area (Å²) < 4.78 is 28.3. The molecule has 2 aromatic rings. The monoisotopic (exact) mass is 354 g/mol. The van der Waals surface area contributed by atoms with Gasteiger partial charge in [0.2, 0.25) is 0 Å². The Morgan fingerprint density at radius 3 is 2.38 bits per heavy atom. The Balaban J connectivity index is 2.44. The summed E-state index contributed by atoms with van der Waals surface area (Å²) in [5, 5.41) is 10.9. The second-order valence-electron chi connectivity index (χ2n) is 5.15. The second-order valence-corrected chi connectivity index (χ2v) is 6.00. The number of hydrogen-bond acceptors (Lipinski definition) is 1. The summed E-state index contributed by atoms with van der Waals surface area (Å²) in [6, 6.07) is 11.6. The van der Waals surface area contributed by atoms with Gasteiger partial charge in [-0.3, -0.25) is 0 Å². The first-order valence-corrected chi connectivity index (χ1v) is 7.67. The maximum absolute atomic E-state index is 14.2. The lowest BCUT2D eigenvalue weighted by atomic mass is 9.83. The number of benzene rings is 2. The summed E-state index contributed by atoms with van der Waals surface area (Å²) in [5.41, 5.74) is -0.701. The van der Waals surface area contributed by atoms with E-state index >= 15 is 0 Å². The molecule has 0 saturated heterocycles. The second kappa shape index (κ2) is 6.67. The van der Waals surface area contributed by atoms with Crippen LogP contribution in [0.1, 0.15) is 30.9 Å². The van der Waals surface area contributed by atoms with Crippen molar-refractivity contribution in [3.8, 4) is 0 Å².